The van der Waals surface area contributed by atoms with Crippen LogP contribution in [0.15, 0.2) is 54.7 Å². The summed E-state index contributed by atoms with van der Waals surface area (Å²) in [7, 11) is 0. The van der Waals surface area contributed by atoms with Crippen LogP contribution in [0.1, 0.15) is 55.0 Å². The normalized spacial score (nSPS) is 10.8. The predicted molar refractivity (Wildman–Crippen MR) is 132 cm³/mol. The van der Waals surface area contributed by atoms with Crippen molar-refractivity contribution < 1.29 is 19.1 Å². The summed E-state index contributed by atoms with van der Waals surface area (Å²) in [4.78, 5) is 28.3. The highest BCUT2D eigenvalue weighted by Gasteiger charge is 2.20. The summed E-state index contributed by atoms with van der Waals surface area (Å²) in [6.45, 7) is 3.33. The molecule has 4 rings (SSSR count). The molecule has 0 amide bonds. The van der Waals surface area contributed by atoms with Crippen LogP contribution in [0.5, 0.6) is 0 Å². The number of benzene rings is 2. The fraction of sp³-hybridized carbons (Fsp3) is 0.308. The fourth-order valence-corrected chi connectivity index (χ4v) is 3.93. The van der Waals surface area contributed by atoms with Crippen LogP contribution in [0.3, 0.4) is 0 Å². The molecule has 4 aromatic rings. The first-order valence-corrected chi connectivity index (χ1v) is 11.8. The van der Waals surface area contributed by atoms with Gasteiger partial charge in [-0.15, -0.1) is 10.2 Å². The van der Waals surface area contributed by atoms with E-state index < -0.39 is 18.7 Å². The zero-order chi connectivity index (χ0) is 25.3. The van der Waals surface area contributed by atoms with Gasteiger partial charge < -0.3 is 14.0 Å². The van der Waals surface area contributed by atoms with E-state index in [0.717, 1.165) is 53.8 Å². The van der Waals surface area contributed by atoms with Crippen molar-refractivity contribution in [3.05, 3.63) is 71.8 Å². The van der Waals surface area contributed by atoms with Crippen LogP contribution in [0.4, 0.5) is 0 Å². The van der Waals surface area contributed by atoms with Crippen molar-refractivity contribution in [3.8, 4) is 22.5 Å². The van der Waals surface area contributed by atoms with Crippen molar-refractivity contribution >= 4 is 11.9 Å². The number of H-pyrrole nitrogens is 1. The minimum Gasteiger partial charge on any atom is -0.428 e. The Kier molecular flexibility index (Phi) is 8.17. The van der Waals surface area contributed by atoms with Crippen LogP contribution in [-0.2, 0) is 27.2 Å². The minimum absolute atomic E-state index is 0.293. The zero-order valence-corrected chi connectivity index (χ0v) is 20.3. The van der Waals surface area contributed by atoms with E-state index in [0.29, 0.717) is 18.1 Å². The molecule has 10 heteroatoms. The van der Waals surface area contributed by atoms with Crippen LogP contribution in [0.2, 0.25) is 0 Å². The summed E-state index contributed by atoms with van der Waals surface area (Å²) in [5.74, 6) is 0.135. The van der Waals surface area contributed by atoms with Gasteiger partial charge in [0, 0.05) is 25.5 Å². The summed E-state index contributed by atoms with van der Waals surface area (Å²) in [6.07, 6.45) is 5.33. The third-order valence-corrected chi connectivity index (χ3v) is 5.70. The number of ether oxygens (including phenoxy) is 2. The molecule has 0 bridgehead atoms. The Labute approximate surface area is 208 Å². The lowest BCUT2D eigenvalue weighted by Crippen LogP contribution is -2.17. The van der Waals surface area contributed by atoms with Gasteiger partial charge >= 0.3 is 11.9 Å². The summed E-state index contributed by atoms with van der Waals surface area (Å²) in [5.41, 5.74) is 4.04. The molecule has 0 fully saturated rings. The molecular formula is C26H28N6O4. The van der Waals surface area contributed by atoms with Gasteiger partial charge in [-0.25, -0.2) is 9.78 Å². The van der Waals surface area contributed by atoms with Crippen molar-refractivity contribution in [2.45, 2.75) is 46.1 Å². The van der Waals surface area contributed by atoms with E-state index in [2.05, 4.69) is 32.5 Å². The number of nitrogens with zero attached hydrogens (tertiary/aromatic N) is 5. The van der Waals surface area contributed by atoms with Gasteiger partial charge in [0.05, 0.1) is 6.20 Å². The monoisotopic (exact) mass is 488 g/mol. The maximum atomic E-state index is 12.8. The Bertz CT molecular complexity index is 1300. The van der Waals surface area contributed by atoms with E-state index in [4.69, 9.17) is 9.47 Å². The van der Waals surface area contributed by atoms with Gasteiger partial charge in [0.25, 0.3) is 0 Å². The number of aromatic nitrogens is 6. The average molecular weight is 489 g/mol. The summed E-state index contributed by atoms with van der Waals surface area (Å²) in [6, 6.07) is 16.0. The first-order valence-electron chi connectivity index (χ1n) is 11.8. The van der Waals surface area contributed by atoms with E-state index in [1.165, 1.54) is 13.1 Å². The number of carbonyl (C=O) groups excluding carboxylic acids is 2. The molecule has 0 unspecified atom stereocenters. The lowest BCUT2D eigenvalue weighted by molar-refractivity contribution is -0.149. The van der Waals surface area contributed by atoms with E-state index in [-0.39, 0.29) is 0 Å². The van der Waals surface area contributed by atoms with Crippen molar-refractivity contribution in [3.63, 3.8) is 0 Å². The first kappa shape index (κ1) is 24.8. The highest BCUT2D eigenvalue weighted by atomic mass is 16.7. The quantitative estimate of drug-likeness (QED) is 0.189. The Morgan fingerprint density at radius 2 is 1.86 bits per heavy atom. The van der Waals surface area contributed by atoms with Crippen molar-refractivity contribution in [2.24, 2.45) is 0 Å². The van der Waals surface area contributed by atoms with Crippen molar-refractivity contribution in [1.82, 2.24) is 30.2 Å². The van der Waals surface area contributed by atoms with Gasteiger partial charge in [-0.1, -0.05) is 62.2 Å². The van der Waals surface area contributed by atoms with E-state index in [9.17, 15) is 9.59 Å². The average Bonchev–Trinajstić information content (AvgIpc) is 3.55. The molecule has 0 radical (unpaired) electrons. The lowest BCUT2D eigenvalue weighted by Gasteiger charge is -2.14. The Hall–Kier alpha value is -4.34. The second kappa shape index (κ2) is 11.9. The number of hydrogen-bond donors (Lipinski definition) is 1. The smallest absolute Gasteiger partial charge is 0.359 e. The van der Waals surface area contributed by atoms with Crippen LogP contribution in [0, 0.1) is 0 Å². The van der Waals surface area contributed by atoms with Crippen molar-refractivity contribution in [1.29, 1.82) is 0 Å². The van der Waals surface area contributed by atoms with E-state index in [1.54, 1.807) is 0 Å². The number of imidazole rings is 1. The van der Waals surface area contributed by atoms with Gasteiger partial charge in [0.1, 0.15) is 11.5 Å². The number of carbonyl (C=O) groups is 2. The topological polar surface area (TPSA) is 125 Å². The number of tetrazole rings is 1. The standard InChI is InChI=1S/C26H28N6O4/c1-3-4-6-11-24-27-15-23(26(34)36-17-35-18(2)33)32(24)16-19-12-13-21(20-9-7-5-8-10-20)22(14-19)25-28-30-31-29-25/h5,7-10,12-15H,3-4,6,11,16-17H2,1-2H3,(H,28,29,30,31). The van der Waals surface area contributed by atoms with Gasteiger partial charge in [0.2, 0.25) is 12.6 Å². The molecule has 2 aromatic heterocycles. The molecule has 0 saturated heterocycles. The Morgan fingerprint density at radius 1 is 1.03 bits per heavy atom. The molecule has 2 heterocycles. The van der Waals surface area contributed by atoms with Crippen molar-refractivity contribution in [2.75, 3.05) is 6.79 Å². The highest BCUT2D eigenvalue weighted by Crippen LogP contribution is 2.31. The van der Waals surface area contributed by atoms with E-state index in [1.807, 2.05) is 53.1 Å². The molecule has 1 N–H and O–H groups in total. The predicted octanol–water partition coefficient (Wildman–Crippen LogP) is 4.19. The van der Waals surface area contributed by atoms with Gasteiger partial charge in [-0.2, -0.15) is 5.21 Å². The molecule has 0 atom stereocenters. The number of aryl methyl sites for hydroxylation is 1. The fourth-order valence-electron chi connectivity index (χ4n) is 3.93. The maximum absolute atomic E-state index is 12.8. The summed E-state index contributed by atoms with van der Waals surface area (Å²) < 4.78 is 11.7. The number of hydrogen-bond acceptors (Lipinski definition) is 8. The third-order valence-electron chi connectivity index (χ3n) is 5.70. The zero-order valence-electron chi connectivity index (χ0n) is 20.3. The molecule has 10 nitrogen and oxygen atoms in total. The highest BCUT2D eigenvalue weighted by molar-refractivity contribution is 5.87. The molecule has 0 spiro atoms. The van der Waals surface area contributed by atoms with Crippen LogP contribution in [-0.4, -0.2) is 48.9 Å². The molecular weight excluding hydrogens is 460 g/mol. The van der Waals surface area contributed by atoms with Gasteiger partial charge in [-0.3, -0.25) is 4.79 Å². The molecule has 36 heavy (non-hydrogen) atoms. The van der Waals surface area contributed by atoms with E-state index >= 15 is 0 Å². The number of esters is 2. The number of rotatable bonds is 11. The summed E-state index contributed by atoms with van der Waals surface area (Å²) >= 11 is 0. The number of nitrogens with one attached hydrogen (secondary N) is 1. The Balaban J connectivity index is 1.67. The number of unbranched alkanes of at least 4 members (excludes halogenated alkanes) is 2. The van der Waals surface area contributed by atoms with Crippen LogP contribution >= 0.6 is 0 Å². The molecule has 0 aliphatic rings. The van der Waals surface area contributed by atoms with Gasteiger partial charge in [0.15, 0.2) is 0 Å². The second-order valence-electron chi connectivity index (χ2n) is 8.27. The molecule has 0 aliphatic carbocycles. The van der Waals surface area contributed by atoms with Crippen LogP contribution < -0.4 is 0 Å². The van der Waals surface area contributed by atoms with Crippen LogP contribution in [0.25, 0.3) is 22.5 Å². The minimum atomic E-state index is -0.607. The maximum Gasteiger partial charge on any atom is 0.359 e. The largest absolute Gasteiger partial charge is 0.428 e. The molecule has 2 aromatic carbocycles. The third kappa shape index (κ3) is 6.01. The SMILES string of the molecule is CCCCCc1ncc(C(=O)OCOC(C)=O)n1Cc1ccc(-c2ccccc2)c(-c2nn[nH]n2)c1. The van der Waals surface area contributed by atoms with Gasteiger partial charge in [-0.05, 0) is 34.4 Å². The number of aromatic amines is 1. The second-order valence-corrected chi connectivity index (χ2v) is 8.27. The molecule has 186 valence electrons. The summed E-state index contributed by atoms with van der Waals surface area (Å²) in [5, 5.41) is 14.6. The first-order chi connectivity index (χ1) is 17.6. The Morgan fingerprint density at radius 3 is 2.58 bits per heavy atom. The molecule has 0 saturated carbocycles. The lowest BCUT2D eigenvalue weighted by atomic mass is 9.97. The molecule has 0 aliphatic heterocycles.